The molecule has 1 atom stereocenters. The molecule has 0 radical (unpaired) electrons. The van der Waals surface area contributed by atoms with Crippen molar-refractivity contribution in [1.29, 1.82) is 0 Å². The zero-order valence-electron chi connectivity index (χ0n) is 16.1. The number of nitrogens with zero attached hydrogens (tertiary/aromatic N) is 2. The summed E-state index contributed by atoms with van der Waals surface area (Å²) in [5, 5.41) is 19.0. The molecule has 2 aromatic heterocycles. The Morgan fingerprint density at radius 2 is 2.11 bits per heavy atom. The summed E-state index contributed by atoms with van der Waals surface area (Å²) in [6, 6.07) is 7.72. The van der Waals surface area contributed by atoms with Gasteiger partial charge in [0, 0.05) is 23.2 Å². The Morgan fingerprint density at radius 1 is 1.30 bits per heavy atom. The fraction of sp³-hybridized carbons (Fsp3) is 0.474. The third-order valence-corrected chi connectivity index (χ3v) is 4.82. The van der Waals surface area contributed by atoms with Gasteiger partial charge in [-0.2, -0.15) is 0 Å². The third-order valence-electron chi connectivity index (χ3n) is 3.70. The molecular weight excluding hydrogens is 475 g/mol. The summed E-state index contributed by atoms with van der Waals surface area (Å²) in [6.07, 6.45) is 2.65. The Labute approximate surface area is 182 Å². The quantitative estimate of drug-likeness (QED) is 0.277. The molecule has 150 valence electrons. The second-order valence-electron chi connectivity index (χ2n) is 6.12. The second kappa shape index (κ2) is 12.1. The van der Waals surface area contributed by atoms with Crippen molar-refractivity contribution in [1.82, 2.24) is 15.6 Å². The van der Waals surface area contributed by atoms with Crippen molar-refractivity contribution in [2.45, 2.75) is 39.3 Å². The Kier molecular flexibility index (Phi) is 10.6. The minimum atomic E-state index is -0.950. The van der Waals surface area contributed by atoms with Crippen molar-refractivity contribution in [3.63, 3.8) is 0 Å². The number of aliphatic imine (C=N–C) groups is 1. The lowest BCUT2D eigenvalue weighted by Crippen LogP contribution is -2.44. The molecule has 0 saturated heterocycles. The predicted molar refractivity (Wildman–Crippen MR) is 122 cm³/mol. The van der Waals surface area contributed by atoms with Gasteiger partial charge in [-0.15, -0.1) is 35.3 Å². The fourth-order valence-electron chi connectivity index (χ4n) is 2.31. The highest BCUT2D eigenvalue weighted by molar-refractivity contribution is 14.0. The summed E-state index contributed by atoms with van der Waals surface area (Å²) >= 11 is 1.54. The summed E-state index contributed by atoms with van der Waals surface area (Å²) in [6.45, 7) is 8.05. The monoisotopic (exact) mass is 504 g/mol. The molecule has 2 aromatic rings. The van der Waals surface area contributed by atoms with Gasteiger partial charge in [0.1, 0.15) is 5.60 Å². The van der Waals surface area contributed by atoms with Crippen LogP contribution < -0.4 is 15.4 Å². The van der Waals surface area contributed by atoms with E-state index in [1.165, 1.54) is 11.3 Å². The normalized spacial score (nSPS) is 13.4. The number of guanidine groups is 1. The Balaban J connectivity index is 0.00000364. The van der Waals surface area contributed by atoms with Crippen LogP contribution in [0.15, 0.2) is 40.8 Å². The van der Waals surface area contributed by atoms with E-state index in [1.54, 1.807) is 13.1 Å². The van der Waals surface area contributed by atoms with E-state index in [0.717, 1.165) is 23.4 Å². The highest BCUT2D eigenvalue weighted by Gasteiger charge is 2.24. The van der Waals surface area contributed by atoms with Crippen LogP contribution in [-0.2, 0) is 12.1 Å². The Morgan fingerprint density at radius 3 is 2.78 bits per heavy atom. The smallest absolute Gasteiger partial charge is 0.218 e. The van der Waals surface area contributed by atoms with Gasteiger partial charge in [0.2, 0.25) is 5.88 Å². The lowest BCUT2D eigenvalue weighted by molar-refractivity contribution is 0.0655. The third kappa shape index (κ3) is 7.63. The molecule has 2 heterocycles. The maximum absolute atomic E-state index is 10.7. The minimum Gasteiger partial charge on any atom is -0.477 e. The molecule has 2 rings (SSSR count). The molecule has 0 aliphatic rings. The largest absolute Gasteiger partial charge is 0.477 e. The van der Waals surface area contributed by atoms with Crippen molar-refractivity contribution in [2.24, 2.45) is 4.99 Å². The zero-order chi connectivity index (χ0) is 18.8. The van der Waals surface area contributed by atoms with Crippen LogP contribution in [0.3, 0.4) is 0 Å². The van der Waals surface area contributed by atoms with E-state index >= 15 is 0 Å². The van der Waals surface area contributed by atoms with Crippen LogP contribution >= 0.6 is 35.3 Å². The van der Waals surface area contributed by atoms with Gasteiger partial charge in [0.25, 0.3) is 0 Å². The molecule has 1 unspecified atom stereocenters. The van der Waals surface area contributed by atoms with Gasteiger partial charge >= 0.3 is 0 Å². The van der Waals surface area contributed by atoms with E-state index in [-0.39, 0.29) is 24.0 Å². The van der Waals surface area contributed by atoms with E-state index in [9.17, 15) is 5.11 Å². The first-order valence-electron chi connectivity index (χ1n) is 8.92. The number of halogens is 1. The van der Waals surface area contributed by atoms with Crippen LogP contribution in [0.5, 0.6) is 5.88 Å². The van der Waals surface area contributed by atoms with Crippen LogP contribution in [0, 0.1) is 0 Å². The Bertz CT molecular complexity index is 693. The molecule has 6 nitrogen and oxygen atoms in total. The maximum atomic E-state index is 10.7. The molecule has 3 N–H and O–H groups in total. The van der Waals surface area contributed by atoms with Crippen LogP contribution in [0.1, 0.15) is 37.6 Å². The van der Waals surface area contributed by atoms with Gasteiger partial charge in [-0.3, -0.25) is 0 Å². The number of hydrogen-bond donors (Lipinski definition) is 3. The zero-order valence-corrected chi connectivity index (χ0v) is 19.2. The first-order chi connectivity index (χ1) is 12.6. The SMILES string of the molecule is CCCOc1ncccc1CN=C(NCC)NCC(C)(O)c1cccs1.I. The summed E-state index contributed by atoms with van der Waals surface area (Å²) in [4.78, 5) is 9.81. The van der Waals surface area contributed by atoms with Gasteiger partial charge in [-0.1, -0.05) is 19.1 Å². The standard InChI is InChI=1S/C19H28N4O2S.HI/c1-4-11-25-17-15(8-6-10-21-17)13-22-18(20-5-2)23-14-19(3,24)16-9-7-12-26-16;/h6-10,12,24H,4-5,11,13-14H2,1-3H3,(H2,20,22,23);1H. The van der Waals surface area contributed by atoms with Gasteiger partial charge in [-0.05, 0) is 37.8 Å². The van der Waals surface area contributed by atoms with E-state index in [0.29, 0.717) is 31.5 Å². The molecule has 0 spiro atoms. The second-order valence-corrected chi connectivity index (χ2v) is 7.06. The molecule has 0 aromatic carbocycles. The summed E-state index contributed by atoms with van der Waals surface area (Å²) < 4.78 is 5.68. The van der Waals surface area contributed by atoms with Crippen molar-refractivity contribution < 1.29 is 9.84 Å². The average molecular weight is 504 g/mol. The molecule has 0 aliphatic heterocycles. The minimum absolute atomic E-state index is 0. The number of rotatable bonds is 9. The lowest BCUT2D eigenvalue weighted by atomic mass is 10.1. The topological polar surface area (TPSA) is 78.8 Å². The number of aromatic nitrogens is 1. The van der Waals surface area contributed by atoms with Crippen molar-refractivity contribution in [3.8, 4) is 5.88 Å². The summed E-state index contributed by atoms with van der Waals surface area (Å²) in [5.74, 6) is 1.27. The highest BCUT2D eigenvalue weighted by Crippen LogP contribution is 2.24. The lowest BCUT2D eigenvalue weighted by Gasteiger charge is -2.23. The number of pyridine rings is 1. The molecule has 8 heteroatoms. The van der Waals surface area contributed by atoms with Crippen molar-refractivity contribution in [2.75, 3.05) is 19.7 Å². The Hall–Kier alpha value is -1.39. The van der Waals surface area contributed by atoms with Crippen LogP contribution in [0.4, 0.5) is 0 Å². The number of hydrogen-bond acceptors (Lipinski definition) is 5. The molecule has 0 aliphatic carbocycles. The summed E-state index contributed by atoms with van der Waals surface area (Å²) in [7, 11) is 0. The van der Waals surface area contributed by atoms with Crippen molar-refractivity contribution in [3.05, 3.63) is 46.3 Å². The van der Waals surface area contributed by atoms with Gasteiger partial charge < -0.3 is 20.5 Å². The predicted octanol–water partition coefficient (Wildman–Crippen LogP) is 3.51. The molecular formula is C19H29IN4O2S. The van der Waals surface area contributed by atoms with Gasteiger partial charge in [-0.25, -0.2) is 9.98 Å². The molecule has 0 fully saturated rings. The molecule has 0 amide bonds. The van der Waals surface area contributed by atoms with Crippen LogP contribution in [-0.4, -0.2) is 35.7 Å². The van der Waals surface area contributed by atoms with Crippen LogP contribution in [0.25, 0.3) is 0 Å². The van der Waals surface area contributed by atoms with Crippen LogP contribution in [0.2, 0.25) is 0 Å². The number of ether oxygens (including phenoxy) is 1. The average Bonchev–Trinajstić information content (AvgIpc) is 3.19. The summed E-state index contributed by atoms with van der Waals surface area (Å²) in [5.41, 5.74) is -0.0168. The van der Waals surface area contributed by atoms with Gasteiger partial charge in [0.05, 0.1) is 19.7 Å². The van der Waals surface area contributed by atoms with E-state index < -0.39 is 5.60 Å². The first-order valence-corrected chi connectivity index (χ1v) is 9.80. The first kappa shape index (κ1) is 23.6. The van der Waals surface area contributed by atoms with Gasteiger partial charge in [0.15, 0.2) is 5.96 Å². The maximum Gasteiger partial charge on any atom is 0.218 e. The molecule has 0 bridgehead atoms. The van der Waals surface area contributed by atoms with E-state index in [1.807, 2.05) is 36.6 Å². The number of nitrogens with one attached hydrogen (secondary N) is 2. The van der Waals surface area contributed by atoms with E-state index in [4.69, 9.17) is 4.74 Å². The number of aliphatic hydroxyl groups is 1. The fourth-order valence-corrected chi connectivity index (χ4v) is 3.09. The highest BCUT2D eigenvalue weighted by atomic mass is 127. The van der Waals surface area contributed by atoms with E-state index in [2.05, 4.69) is 27.5 Å². The molecule has 27 heavy (non-hydrogen) atoms. The number of thiophene rings is 1. The van der Waals surface area contributed by atoms with Crippen molar-refractivity contribution >= 4 is 41.3 Å². The molecule has 0 saturated carbocycles.